The van der Waals surface area contributed by atoms with Gasteiger partial charge in [0.25, 0.3) is 0 Å². The fraction of sp³-hybridized carbons (Fsp3) is 0.812. The number of aliphatic imine (C=N–C) groups is 1. The maximum atomic E-state index is 4.46. The zero-order valence-electron chi connectivity index (χ0n) is 14.5. The van der Waals surface area contributed by atoms with Crippen molar-refractivity contribution in [2.45, 2.75) is 59.0 Å². The van der Waals surface area contributed by atoms with Gasteiger partial charge in [-0.05, 0) is 31.1 Å². The Bertz CT molecular complexity index is 555. The van der Waals surface area contributed by atoms with Crippen LogP contribution in [0.2, 0.25) is 0 Å². The standard InChI is InChI=1S/C16H28N6.HI/c1-4-16(2)8-10-21(12-16)15(17-3)18-11-14-20-19-13-7-5-6-9-22(13)14;/h4-12H2,1-3H3,(H,17,18);1H. The van der Waals surface area contributed by atoms with Crippen molar-refractivity contribution in [1.29, 1.82) is 0 Å². The van der Waals surface area contributed by atoms with Crippen LogP contribution in [0.15, 0.2) is 4.99 Å². The van der Waals surface area contributed by atoms with Gasteiger partial charge in [0.2, 0.25) is 0 Å². The molecule has 1 aromatic rings. The van der Waals surface area contributed by atoms with Crippen molar-refractivity contribution in [1.82, 2.24) is 25.0 Å². The molecule has 0 spiro atoms. The molecule has 1 saturated heterocycles. The van der Waals surface area contributed by atoms with Crippen LogP contribution in [0.25, 0.3) is 0 Å². The maximum absolute atomic E-state index is 4.46. The number of aryl methyl sites for hydroxylation is 1. The number of likely N-dealkylation sites (tertiary alicyclic amines) is 1. The van der Waals surface area contributed by atoms with Gasteiger partial charge in [0.05, 0.1) is 6.54 Å². The molecule has 130 valence electrons. The summed E-state index contributed by atoms with van der Waals surface area (Å²) >= 11 is 0. The van der Waals surface area contributed by atoms with Crippen LogP contribution < -0.4 is 5.32 Å². The van der Waals surface area contributed by atoms with Crippen LogP contribution in [-0.4, -0.2) is 45.8 Å². The lowest BCUT2D eigenvalue weighted by molar-refractivity contribution is 0.322. The van der Waals surface area contributed by atoms with E-state index in [0.29, 0.717) is 12.0 Å². The van der Waals surface area contributed by atoms with Crippen LogP contribution in [0.3, 0.4) is 0 Å². The second kappa shape index (κ2) is 7.81. The number of nitrogens with zero attached hydrogens (tertiary/aromatic N) is 5. The van der Waals surface area contributed by atoms with Crippen LogP contribution in [0, 0.1) is 5.41 Å². The largest absolute Gasteiger partial charge is 0.349 e. The van der Waals surface area contributed by atoms with E-state index in [4.69, 9.17) is 0 Å². The van der Waals surface area contributed by atoms with Crippen LogP contribution in [0.4, 0.5) is 0 Å². The van der Waals surface area contributed by atoms with Crippen molar-refractivity contribution in [3.63, 3.8) is 0 Å². The summed E-state index contributed by atoms with van der Waals surface area (Å²) in [5.41, 5.74) is 0.422. The molecule has 0 saturated carbocycles. The number of hydrogen-bond acceptors (Lipinski definition) is 3. The van der Waals surface area contributed by atoms with Crippen molar-refractivity contribution in [2.75, 3.05) is 20.1 Å². The van der Waals surface area contributed by atoms with Gasteiger partial charge in [-0.2, -0.15) is 0 Å². The molecule has 0 aliphatic carbocycles. The molecule has 0 radical (unpaired) electrons. The third-order valence-electron chi connectivity index (χ3n) is 5.26. The number of rotatable bonds is 3. The Balaban J connectivity index is 0.00000192. The minimum Gasteiger partial charge on any atom is -0.349 e. The first-order valence-corrected chi connectivity index (χ1v) is 8.52. The van der Waals surface area contributed by atoms with Crippen molar-refractivity contribution < 1.29 is 0 Å². The van der Waals surface area contributed by atoms with E-state index < -0.39 is 0 Å². The Morgan fingerprint density at radius 1 is 1.30 bits per heavy atom. The van der Waals surface area contributed by atoms with Crippen molar-refractivity contribution in [3.8, 4) is 0 Å². The molecule has 1 aromatic heterocycles. The van der Waals surface area contributed by atoms with Gasteiger partial charge in [-0.25, -0.2) is 0 Å². The van der Waals surface area contributed by atoms with E-state index in [2.05, 4.69) is 43.8 Å². The van der Waals surface area contributed by atoms with Gasteiger partial charge >= 0.3 is 0 Å². The Morgan fingerprint density at radius 2 is 2.13 bits per heavy atom. The van der Waals surface area contributed by atoms with E-state index in [1.807, 2.05) is 7.05 Å². The van der Waals surface area contributed by atoms with E-state index >= 15 is 0 Å². The Hall–Kier alpha value is -0.860. The molecule has 3 rings (SSSR count). The summed E-state index contributed by atoms with van der Waals surface area (Å²) in [5, 5.41) is 12.1. The second-order valence-corrected chi connectivity index (χ2v) is 6.88. The molecule has 1 N–H and O–H groups in total. The van der Waals surface area contributed by atoms with E-state index in [1.54, 1.807) is 0 Å². The highest BCUT2D eigenvalue weighted by Gasteiger charge is 2.33. The second-order valence-electron chi connectivity index (χ2n) is 6.88. The quantitative estimate of drug-likeness (QED) is 0.453. The normalized spacial score (nSPS) is 24.3. The minimum atomic E-state index is 0. The number of guanidine groups is 1. The molecule has 1 fully saturated rings. The average Bonchev–Trinajstić information content (AvgIpc) is 3.13. The van der Waals surface area contributed by atoms with Gasteiger partial charge in [-0.3, -0.25) is 4.99 Å². The predicted molar refractivity (Wildman–Crippen MR) is 103 cm³/mol. The molecule has 1 atom stereocenters. The van der Waals surface area contributed by atoms with Gasteiger partial charge < -0.3 is 14.8 Å². The summed E-state index contributed by atoms with van der Waals surface area (Å²) in [5.74, 6) is 3.16. The highest BCUT2D eigenvalue weighted by atomic mass is 127. The highest BCUT2D eigenvalue weighted by molar-refractivity contribution is 14.0. The summed E-state index contributed by atoms with van der Waals surface area (Å²) < 4.78 is 2.27. The fourth-order valence-corrected chi connectivity index (χ4v) is 3.48. The first kappa shape index (κ1) is 18.5. The predicted octanol–water partition coefficient (Wildman–Crippen LogP) is 2.43. The topological polar surface area (TPSA) is 58.3 Å². The first-order chi connectivity index (χ1) is 10.6. The zero-order valence-corrected chi connectivity index (χ0v) is 16.8. The van der Waals surface area contributed by atoms with Gasteiger partial charge in [-0.1, -0.05) is 13.8 Å². The molecule has 6 nitrogen and oxygen atoms in total. The fourth-order valence-electron chi connectivity index (χ4n) is 3.48. The summed E-state index contributed by atoms with van der Waals surface area (Å²) in [4.78, 5) is 6.83. The smallest absolute Gasteiger partial charge is 0.194 e. The van der Waals surface area contributed by atoms with Crippen LogP contribution in [0.5, 0.6) is 0 Å². The van der Waals surface area contributed by atoms with Crippen molar-refractivity contribution in [3.05, 3.63) is 11.6 Å². The number of hydrogen-bond donors (Lipinski definition) is 1. The molecule has 0 bridgehead atoms. The summed E-state index contributed by atoms with van der Waals surface area (Å²) in [6.07, 6.45) is 5.98. The molecule has 1 unspecified atom stereocenters. The van der Waals surface area contributed by atoms with Gasteiger partial charge in [-0.15, -0.1) is 34.2 Å². The van der Waals surface area contributed by atoms with Gasteiger partial charge in [0.15, 0.2) is 11.8 Å². The van der Waals surface area contributed by atoms with Crippen LogP contribution in [-0.2, 0) is 19.5 Å². The Kier molecular flexibility index (Phi) is 6.27. The van der Waals surface area contributed by atoms with E-state index in [-0.39, 0.29) is 24.0 Å². The maximum Gasteiger partial charge on any atom is 0.194 e. The van der Waals surface area contributed by atoms with Gasteiger partial charge in [0.1, 0.15) is 5.82 Å². The molecule has 3 heterocycles. The molecule has 0 amide bonds. The number of nitrogens with one attached hydrogen (secondary N) is 1. The highest BCUT2D eigenvalue weighted by Crippen LogP contribution is 2.32. The molecule has 7 heteroatoms. The third kappa shape index (κ3) is 3.97. The summed E-state index contributed by atoms with van der Waals surface area (Å²) in [7, 11) is 1.86. The third-order valence-corrected chi connectivity index (χ3v) is 5.26. The SMILES string of the molecule is CCC1(C)CCN(C(=NC)NCc2nnc3n2CCCC3)C1.I. The summed E-state index contributed by atoms with van der Waals surface area (Å²) in [6, 6.07) is 0. The summed E-state index contributed by atoms with van der Waals surface area (Å²) in [6.45, 7) is 8.58. The van der Waals surface area contributed by atoms with E-state index in [9.17, 15) is 0 Å². The lowest BCUT2D eigenvalue weighted by atomic mass is 9.87. The Morgan fingerprint density at radius 3 is 2.83 bits per heavy atom. The molecule has 0 aromatic carbocycles. The van der Waals surface area contributed by atoms with E-state index in [1.165, 1.54) is 25.7 Å². The van der Waals surface area contributed by atoms with Crippen LogP contribution in [0.1, 0.15) is 51.2 Å². The first-order valence-electron chi connectivity index (χ1n) is 8.52. The number of aromatic nitrogens is 3. The van der Waals surface area contributed by atoms with Crippen molar-refractivity contribution in [2.24, 2.45) is 10.4 Å². The Labute approximate surface area is 156 Å². The average molecular weight is 432 g/mol. The molecule has 2 aliphatic rings. The van der Waals surface area contributed by atoms with Crippen LogP contribution >= 0.6 is 24.0 Å². The molecule has 23 heavy (non-hydrogen) atoms. The zero-order chi connectivity index (χ0) is 15.6. The van der Waals surface area contributed by atoms with Crippen molar-refractivity contribution >= 4 is 29.9 Å². The number of fused-ring (bicyclic) bond motifs is 1. The van der Waals surface area contributed by atoms with E-state index in [0.717, 1.165) is 43.7 Å². The lowest BCUT2D eigenvalue weighted by Gasteiger charge is -2.25. The van der Waals surface area contributed by atoms with Gasteiger partial charge in [0, 0.05) is 33.1 Å². The number of halogens is 1. The minimum absolute atomic E-state index is 0. The monoisotopic (exact) mass is 432 g/mol. The molecular weight excluding hydrogens is 403 g/mol. The molecular formula is C16H29IN6. The molecule has 2 aliphatic heterocycles. The lowest BCUT2D eigenvalue weighted by Crippen LogP contribution is -2.41.